The second kappa shape index (κ2) is 12.7. The van der Waals surface area contributed by atoms with Crippen molar-refractivity contribution in [1.82, 2.24) is 4.90 Å². The minimum atomic E-state index is -3.40. The summed E-state index contributed by atoms with van der Waals surface area (Å²) in [5, 5.41) is -0.105. The minimum absolute atomic E-state index is 0.0932. The number of thioether (sulfide) groups is 1. The molecule has 1 atom stereocenters. The van der Waals surface area contributed by atoms with Gasteiger partial charge in [0.25, 0.3) is 0 Å². The van der Waals surface area contributed by atoms with Gasteiger partial charge < -0.3 is 0 Å². The van der Waals surface area contributed by atoms with Crippen molar-refractivity contribution in [2.45, 2.75) is 37.5 Å². The molecule has 0 aliphatic carbocycles. The molecule has 1 unspecified atom stereocenters. The fourth-order valence-corrected chi connectivity index (χ4v) is 9.88. The van der Waals surface area contributed by atoms with Gasteiger partial charge in [-0.25, -0.2) is 0 Å². The van der Waals surface area contributed by atoms with Crippen molar-refractivity contribution < 1.29 is 22.7 Å². The molecule has 6 nitrogen and oxygen atoms in total. The van der Waals surface area contributed by atoms with Gasteiger partial charge in [-0.2, -0.15) is 0 Å². The molecule has 2 aromatic carbocycles. The van der Waals surface area contributed by atoms with Crippen LogP contribution >= 0.6 is 11.8 Å². The van der Waals surface area contributed by atoms with E-state index in [1.54, 1.807) is 48.5 Å². The van der Waals surface area contributed by atoms with Crippen LogP contribution in [0.3, 0.4) is 0 Å². The van der Waals surface area contributed by atoms with E-state index in [0.717, 1.165) is 29.1 Å². The number of nitrogens with zero attached hydrogens (tertiary/aromatic N) is 1. The molecule has 2 aromatic rings. The molecule has 9 heteroatoms. The van der Waals surface area contributed by atoms with Crippen LogP contribution in [0.5, 0.6) is 5.75 Å². The monoisotopic (exact) mass is 551 g/mol. The number of carbonyl (C=O) groups excluding carboxylic acids is 2. The predicted octanol–water partition coefficient (Wildman–Crippen LogP) is 2.85. The number of benzene rings is 2. The third-order valence-corrected chi connectivity index (χ3v) is 12.9. The standard InChI is InChI=1S/C24H30AsNO5S2/c1-19(27)32-18-24(28)20-6-8-21(9-7-20)25-33(29,30)23-12-10-22(11-13-23)31-17-5-16-26-14-3-2-4-15-26/h6-13,25H,2-5,14-18H2,1H3. The van der Waals surface area contributed by atoms with Crippen LogP contribution in [0.25, 0.3) is 0 Å². The Labute approximate surface area is 206 Å². The Kier molecular flexibility index (Phi) is 10.0. The summed E-state index contributed by atoms with van der Waals surface area (Å²) >= 11 is -0.516. The van der Waals surface area contributed by atoms with Crippen molar-refractivity contribution in [2.24, 2.45) is 0 Å². The number of hydrogen-bond donors (Lipinski definition) is 0. The Balaban J connectivity index is 1.49. The summed E-state index contributed by atoms with van der Waals surface area (Å²) in [6.07, 6.45) is 4.85. The summed E-state index contributed by atoms with van der Waals surface area (Å²) in [5.41, 5.74) is 0.485. The van der Waals surface area contributed by atoms with Crippen LogP contribution in [0.1, 0.15) is 43.0 Å². The predicted molar refractivity (Wildman–Crippen MR) is 135 cm³/mol. The van der Waals surface area contributed by atoms with Gasteiger partial charge in [0, 0.05) is 0 Å². The zero-order valence-corrected chi connectivity index (χ0v) is 22.5. The van der Waals surface area contributed by atoms with Crippen LogP contribution in [0, 0.1) is 0 Å². The zero-order valence-electron chi connectivity index (χ0n) is 18.8. The quantitative estimate of drug-likeness (QED) is 0.241. The van der Waals surface area contributed by atoms with Gasteiger partial charge in [0.1, 0.15) is 0 Å². The van der Waals surface area contributed by atoms with Crippen molar-refractivity contribution in [3.63, 3.8) is 0 Å². The topological polar surface area (TPSA) is 80.8 Å². The molecule has 0 N–H and O–H groups in total. The number of carbonyl (C=O) groups is 2. The Hall–Kier alpha value is -1.60. The van der Waals surface area contributed by atoms with Crippen LogP contribution < -0.4 is 9.09 Å². The number of Topliss-reactive ketones (excluding diaryl/α,β-unsaturated/α-hetero) is 1. The molecule has 1 saturated heterocycles. The van der Waals surface area contributed by atoms with E-state index in [1.165, 1.54) is 39.3 Å². The second-order valence-corrected chi connectivity index (χ2v) is 16.7. The molecule has 0 spiro atoms. The third kappa shape index (κ3) is 8.60. The van der Waals surface area contributed by atoms with Crippen molar-refractivity contribution in [3.8, 4) is 5.75 Å². The van der Waals surface area contributed by atoms with E-state index < -0.39 is 22.7 Å². The van der Waals surface area contributed by atoms with Crippen LogP contribution in [0.2, 0.25) is 0 Å². The second-order valence-electron chi connectivity index (χ2n) is 7.96. The fourth-order valence-electron chi connectivity index (χ4n) is 3.56. The van der Waals surface area contributed by atoms with E-state index in [2.05, 4.69) is 4.90 Å². The Morgan fingerprint density at radius 1 is 1.00 bits per heavy atom. The van der Waals surface area contributed by atoms with Gasteiger partial charge >= 0.3 is 200 Å². The van der Waals surface area contributed by atoms with Crippen LogP contribution in [-0.4, -0.2) is 70.8 Å². The molecular weight excluding hydrogens is 521 g/mol. The van der Waals surface area contributed by atoms with Crippen molar-refractivity contribution in [2.75, 3.05) is 32.0 Å². The van der Waals surface area contributed by atoms with Crippen molar-refractivity contribution in [3.05, 3.63) is 54.1 Å². The van der Waals surface area contributed by atoms with E-state index in [9.17, 15) is 18.0 Å². The Bertz CT molecular complexity index is 1030. The summed E-state index contributed by atoms with van der Waals surface area (Å²) in [4.78, 5) is 25.9. The molecule has 0 radical (unpaired) electrons. The average Bonchev–Trinajstić information content (AvgIpc) is 2.81. The SMILES string of the molecule is CC(=O)SCC(=O)c1ccc([AsH]S(=O)(=O)c2ccc(OCCCN3CCCCC3)cc2)cc1. The van der Waals surface area contributed by atoms with Crippen LogP contribution in [0.15, 0.2) is 53.4 Å². The molecule has 1 heterocycles. The number of piperidine rings is 1. The molecule has 33 heavy (non-hydrogen) atoms. The summed E-state index contributed by atoms with van der Waals surface area (Å²) in [5.74, 6) is 0.630. The summed E-state index contributed by atoms with van der Waals surface area (Å²) in [6.45, 7) is 5.43. The van der Waals surface area contributed by atoms with Gasteiger partial charge in [-0.3, -0.25) is 0 Å². The number of ether oxygens (including phenoxy) is 1. The normalized spacial score (nSPS) is 15.1. The fraction of sp³-hybridized carbons (Fsp3) is 0.417. The third-order valence-electron chi connectivity index (χ3n) is 5.34. The molecule has 0 amide bonds. The number of rotatable bonds is 11. The Morgan fingerprint density at radius 3 is 2.30 bits per heavy atom. The number of ketones is 1. The van der Waals surface area contributed by atoms with E-state index in [-0.39, 0.29) is 16.7 Å². The van der Waals surface area contributed by atoms with Gasteiger partial charge in [-0.1, -0.05) is 6.42 Å². The van der Waals surface area contributed by atoms with Gasteiger partial charge in [-0.05, 0) is 0 Å². The molecule has 1 fully saturated rings. The van der Waals surface area contributed by atoms with Crippen LogP contribution in [0.4, 0.5) is 0 Å². The van der Waals surface area contributed by atoms with Gasteiger partial charge in [0.15, 0.2) is 0 Å². The van der Waals surface area contributed by atoms with Crippen molar-refractivity contribution >= 4 is 49.7 Å². The maximum absolute atomic E-state index is 12.8. The number of hydrogen-bond acceptors (Lipinski definition) is 7. The zero-order chi connectivity index (χ0) is 23.7. The first-order valence-corrected chi connectivity index (χ1v) is 17.2. The summed E-state index contributed by atoms with van der Waals surface area (Å²) < 4.78 is 32.2. The van der Waals surface area contributed by atoms with E-state index in [4.69, 9.17) is 4.74 Å². The molecule has 0 bridgehead atoms. The summed E-state index contributed by atoms with van der Waals surface area (Å²) in [7, 11) is -3.40. The average molecular weight is 552 g/mol. The number of likely N-dealkylation sites (tertiary alicyclic amines) is 1. The van der Waals surface area contributed by atoms with Gasteiger partial charge in [0.2, 0.25) is 0 Å². The molecule has 0 aromatic heterocycles. The van der Waals surface area contributed by atoms with Crippen molar-refractivity contribution in [1.29, 1.82) is 0 Å². The molecule has 1 aliphatic rings. The summed E-state index contributed by atoms with van der Waals surface area (Å²) in [6, 6.07) is 13.3. The maximum atomic E-state index is 12.8. The molecule has 3 rings (SSSR count). The molecular formula is C24H30AsNO5S2. The first kappa shape index (κ1) is 26.0. The van der Waals surface area contributed by atoms with Crippen LogP contribution in [-0.2, 0) is 12.9 Å². The first-order valence-electron chi connectivity index (χ1n) is 11.1. The van der Waals surface area contributed by atoms with E-state index in [0.29, 0.717) is 22.8 Å². The van der Waals surface area contributed by atoms with E-state index in [1.807, 2.05) is 0 Å². The van der Waals surface area contributed by atoms with Gasteiger partial charge in [-0.15, -0.1) is 0 Å². The Morgan fingerprint density at radius 2 is 1.67 bits per heavy atom. The molecule has 1 aliphatic heterocycles. The molecule has 178 valence electrons. The van der Waals surface area contributed by atoms with Gasteiger partial charge in [0.05, 0.1) is 0 Å². The van der Waals surface area contributed by atoms with E-state index >= 15 is 0 Å². The molecule has 0 saturated carbocycles. The first-order chi connectivity index (χ1) is 15.8.